The molecule has 4 N–H and O–H groups in total. The van der Waals surface area contributed by atoms with Crippen LogP contribution in [-0.2, 0) is 0 Å². The van der Waals surface area contributed by atoms with Crippen LogP contribution in [-0.4, -0.2) is 17.0 Å². The van der Waals surface area contributed by atoms with Gasteiger partial charge in [0.25, 0.3) is 5.91 Å². The number of anilines is 1. The lowest BCUT2D eigenvalue weighted by Crippen LogP contribution is -2.15. The standard InChI is InChI=1S/C15H14BrN3O2/c1-9-4-2-3-5-11(9)15(20)18-13-7-6-10(8-12(13)16)14(17)19-21/h2-8,21H,1H3,(H2,17,19)(H,18,20). The summed E-state index contributed by atoms with van der Waals surface area (Å²) < 4.78 is 0.647. The molecule has 0 aliphatic rings. The van der Waals surface area contributed by atoms with Crippen molar-refractivity contribution < 1.29 is 10.0 Å². The van der Waals surface area contributed by atoms with Crippen molar-refractivity contribution in [3.05, 3.63) is 63.6 Å². The van der Waals surface area contributed by atoms with Gasteiger partial charge in [0.15, 0.2) is 5.84 Å². The number of carbonyl (C=O) groups excluding carboxylic acids is 1. The highest BCUT2D eigenvalue weighted by Crippen LogP contribution is 2.24. The molecule has 1 amide bonds. The number of aryl methyl sites for hydroxylation is 1. The summed E-state index contributed by atoms with van der Waals surface area (Å²) in [6.45, 7) is 1.88. The fraction of sp³-hybridized carbons (Fsp3) is 0.0667. The minimum absolute atomic E-state index is 0.00693. The minimum Gasteiger partial charge on any atom is -0.409 e. The van der Waals surface area contributed by atoms with Gasteiger partial charge in [-0.15, -0.1) is 0 Å². The minimum atomic E-state index is -0.189. The van der Waals surface area contributed by atoms with Gasteiger partial charge in [0, 0.05) is 15.6 Å². The van der Waals surface area contributed by atoms with Crippen molar-refractivity contribution in [3.8, 4) is 0 Å². The van der Waals surface area contributed by atoms with Crippen LogP contribution in [0.2, 0.25) is 0 Å². The van der Waals surface area contributed by atoms with Crippen LogP contribution in [0.15, 0.2) is 52.1 Å². The van der Waals surface area contributed by atoms with E-state index in [2.05, 4.69) is 26.4 Å². The second-order valence-electron chi connectivity index (χ2n) is 4.45. The van der Waals surface area contributed by atoms with Gasteiger partial charge in [-0.3, -0.25) is 4.79 Å². The van der Waals surface area contributed by atoms with Gasteiger partial charge in [-0.1, -0.05) is 23.4 Å². The summed E-state index contributed by atoms with van der Waals surface area (Å²) in [5, 5.41) is 14.4. The molecule has 0 heterocycles. The number of carbonyl (C=O) groups is 1. The normalized spacial score (nSPS) is 11.2. The molecule has 6 heteroatoms. The Hall–Kier alpha value is -2.34. The van der Waals surface area contributed by atoms with E-state index in [1.807, 2.05) is 25.1 Å². The molecule has 0 saturated carbocycles. The molecule has 108 valence electrons. The molecule has 0 saturated heterocycles. The monoisotopic (exact) mass is 347 g/mol. The molecule has 0 radical (unpaired) electrons. The summed E-state index contributed by atoms with van der Waals surface area (Å²) in [4.78, 5) is 12.2. The fourth-order valence-corrected chi connectivity index (χ4v) is 2.33. The first-order valence-corrected chi connectivity index (χ1v) is 6.96. The summed E-state index contributed by atoms with van der Waals surface area (Å²) in [7, 11) is 0. The first-order valence-electron chi connectivity index (χ1n) is 6.17. The molecular formula is C15H14BrN3O2. The van der Waals surface area contributed by atoms with E-state index >= 15 is 0 Å². The largest absolute Gasteiger partial charge is 0.409 e. The zero-order valence-corrected chi connectivity index (χ0v) is 12.9. The lowest BCUT2D eigenvalue weighted by atomic mass is 10.1. The molecule has 0 atom stereocenters. The Morgan fingerprint density at radius 2 is 2.00 bits per heavy atom. The molecule has 0 aromatic heterocycles. The van der Waals surface area contributed by atoms with Crippen LogP contribution in [0.25, 0.3) is 0 Å². The van der Waals surface area contributed by atoms with Gasteiger partial charge in [-0.25, -0.2) is 0 Å². The van der Waals surface area contributed by atoms with Crippen molar-refractivity contribution in [2.75, 3.05) is 5.32 Å². The smallest absolute Gasteiger partial charge is 0.255 e. The molecule has 0 spiro atoms. The van der Waals surface area contributed by atoms with Gasteiger partial charge in [-0.05, 0) is 52.7 Å². The number of rotatable bonds is 3. The fourth-order valence-electron chi connectivity index (χ4n) is 1.85. The average Bonchev–Trinajstić information content (AvgIpc) is 2.48. The molecule has 2 aromatic rings. The molecule has 0 bridgehead atoms. The molecule has 0 fully saturated rings. The number of benzene rings is 2. The number of amides is 1. The van der Waals surface area contributed by atoms with Crippen LogP contribution >= 0.6 is 15.9 Å². The van der Waals surface area contributed by atoms with Gasteiger partial charge >= 0.3 is 0 Å². The average molecular weight is 348 g/mol. The molecule has 2 rings (SSSR count). The first-order chi connectivity index (χ1) is 10.0. The third-order valence-electron chi connectivity index (χ3n) is 3.01. The highest BCUT2D eigenvalue weighted by atomic mass is 79.9. The summed E-state index contributed by atoms with van der Waals surface area (Å²) in [6.07, 6.45) is 0. The van der Waals surface area contributed by atoms with E-state index in [0.717, 1.165) is 5.56 Å². The second-order valence-corrected chi connectivity index (χ2v) is 5.30. The summed E-state index contributed by atoms with van der Waals surface area (Å²) >= 11 is 3.36. The Labute approximate surface area is 130 Å². The van der Waals surface area contributed by atoms with Crippen molar-refractivity contribution >= 4 is 33.4 Å². The summed E-state index contributed by atoms with van der Waals surface area (Å²) in [5.41, 5.74) is 8.20. The molecule has 0 unspecified atom stereocenters. The maximum Gasteiger partial charge on any atom is 0.255 e. The van der Waals surface area contributed by atoms with Crippen LogP contribution in [0.5, 0.6) is 0 Å². The van der Waals surface area contributed by atoms with Crippen LogP contribution in [0, 0.1) is 6.92 Å². The zero-order chi connectivity index (χ0) is 15.4. The molecule has 0 aliphatic carbocycles. The van der Waals surface area contributed by atoms with Crippen LogP contribution in [0.1, 0.15) is 21.5 Å². The van der Waals surface area contributed by atoms with Gasteiger partial charge in [0.05, 0.1) is 5.69 Å². The predicted molar refractivity (Wildman–Crippen MR) is 85.8 cm³/mol. The Balaban J connectivity index is 2.25. The highest BCUT2D eigenvalue weighted by Gasteiger charge is 2.11. The van der Waals surface area contributed by atoms with Gasteiger partial charge in [0.2, 0.25) is 0 Å². The van der Waals surface area contributed by atoms with Crippen LogP contribution < -0.4 is 11.1 Å². The molecule has 0 aliphatic heterocycles. The van der Waals surface area contributed by atoms with Crippen LogP contribution in [0.3, 0.4) is 0 Å². The molecule has 21 heavy (non-hydrogen) atoms. The van der Waals surface area contributed by atoms with Gasteiger partial charge < -0.3 is 16.3 Å². The number of amidine groups is 1. The number of hydrogen-bond acceptors (Lipinski definition) is 3. The van der Waals surface area contributed by atoms with E-state index in [-0.39, 0.29) is 11.7 Å². The van der Waals surface area contributed by atoms with Crippen LogP contribution in [0.4, 0.5) is 5.69 Å². The quantitative estimate of drug-likeness (QED) is 0.345. The van der Waals surface area contributed by atoms with E-state index < -0.39 is 0 Å². The number of nitrogens with two attached hydrogens (primary N) is 1. The van der Waals surface area contributed by atoms with Crippen molar-refractivity contribution in [1.82, 2.24) is 0 Å². The zero-order valence-electron chi connectivity index (χ0n) is 11.3. The number of hydrogen-bond donors (Lipinski definition) is 3. The van der Waals surface area contributed by atoms with E-state index in [0.29, 0.717) is 21.3 Å². The number of nitrogens with one attached hydrogen (secondary N) is 1. The summed E-state index contributed by atoms with van der Waals surface area (Å²) in [6, 6.07) is 12.4. The lowest BCUT2D eigenvalue weighted by Gasteiger charge is -2.10. The Morgan fingerprint density at radius 3 is 2.62 bits per heavy atom. The molecule has 5 nitrogen and oxygen atoms in total. The third kappa shape index (κ3) is 3.41. The predicted octanol–water partition coefficient (Wildman–Crippen LogP) is 3.10. The number of oxime groups is 1. The summed E-state index contributed by atoms with van der Waals surface area (Å²) in [5.74, 6) is -0.183. The van der Waals surface area contributed by atoms with Gasteiger partial charge in [-0.2, -0.15) is 0 Å². The lowest BCUT2D eigenvalue weighted by molar-refractivity contribution is 0.102. The van der Waals surface area contributed by atoms with Crippen molar-refractivity contribution in [3.63, 3.8) is 0 Å². The number of halogens is 1. The third-order valence-corrected chi connectivity index (χ3v) is 3.67. The molecule has 2 aromatic carbocycles. The SMILES string of the molecule is Cc1ccccc1C(=O)Nc1ccc(/C(N)=N/O)cc1Br. The highest BCUT2D eigenvalue weighted by molar-refractivity contribution is 9.10. The number of nitrogens with zero attached hydrogens (tertiary/aromatic N) is 1. The van der Waals surface area contributed by atoms with E-state index in [9.17, 15) is 4.79 Å². The second kappa shape index (κ2) is 6.41. The topological polar surface area (TPSA) is 87.7 Å². The van der Waals surface area contributed by atoms with E-state index in [1.54, 1.807) is 24.3 Å². The first kappa shape index (κ1) is 15.1. The Bertz CT molecular complexity index is 714. The maximum atomic E-state index is 12.2. The van der Waals surface area contributed by atoms with Crippen molar-refractivity contribution in [1.29, 1.82) is 0 Å². The molecular weight excluding hydrogens is 334 g/mol. The van der Waals surface area contributed by atoms with Crippen molar-refractivity contribution in [2.45, 2.75) is 6.92 Å². The maximum absolute atomic E-state index is 12.2. The Morgan fingerprint density at radius 1 is 1.29 bits per heavy atom. The van der Waals surface area contributed by atoms with Gasteiger partial charge in [0.1, 0.15) is 0 Å². The van der Waals surface area contributed by atoms with Crippen molar-refractivity contribution in [2.24, 2.45) is 10.9 Å². The van der Waals surface area contributed by atoms with E-state index in [1.165, 1.54) is 0 Å². The van der Waals surface area contributed by atoms with E-state index in [4.69, 9.17) is 10.9 Å². The Kier molecular flexibility index (Phi) is 4.59.